The molecule has 29 heavy (non-hydrogen) atoms. The summed E-state index contributed by atoms with van der Waals surface area (Å²) < 4.78 is 1.70. The molecule has 1 atom stereocenters. The Balaban J connectivity index is 1.53. The molecular weight excluding hydrogens is 372 g/mol. The molecule has 2 aromatic rings. The minimum absolute atomic E-state index is 0.182. The second-order valence-electron chi connectivity index (χ2n) is 7.90. The Morgan fingerprint density at radius 3 is 2.79 bits per heavy atom. The van der Waals surface area contributed by atoms with Crippen molar-refractivity contribution in [1.82, 2.24) is 30.1 Å². The lowest BCUT2D eigenvalue weighted by Gasteiger charge is -2.29. The Labute approximate surface area is 168 Å². The van der Waals surface area contributed by atoms with Crippen molar-refractivity contribution in [3.8, 4) is 5.69 Å². The standard InChI is InChI=1S/C20H24N6O3/c1-12(2)24(3)10-14-11-26(23-22-14)15-4-5-16-13(8-15)9-25(20(16)29)17-6-7-18(27)21-19(17)28/h4-5,8,11-12,17H,6-7,9-10H2,1-3H3,(H,21,27,28). The number of benzene rings is 1. The molecule has 0 bridgehead atoms. The van der Waals surface area contributed by atoms with Crippen molar-refractivity contribution in [1.29, 1.82) is 0 Å². The smallest absolute Gasteiger partial charge is 0.255 e. The van der Waals surface area contributed by atoms with Crippen LogP contribution in [0.4, 0.5) is 0 Å². The number of carbonyl (C=O) groups excluding carboxylic acids is 3. The van der Waals surface area contributed by atoms with Crippen molar-refractivity contribution >= 4 is 17.7 Å². The Morgan fingerprint density at radius 2 is 2.07 bits per heavy atom. The van der Waals surface area contributed by atoms with Crippen LogP contribution in [0.25, 0.3) is 5.69 Å². The first-order valence-electron chi connectivity index (χ1n) is 9.73. The molecule has 9 nitrogen and oxygen atoms in total. The molecule has 9 heteroatoms. The number of nitrogens with one attached hydrogen (secondary N) is 1. The maximum atomic E-state index is 12.8. The van der Waals surface area contributed by atoms with Gasteiger partial charge in [-0.15, -0.1) is 5.10 Å². The Bertz CT molecular complexity index is 982. The fraction of sp³-hybridized carbons (Fsp3) is 0.450. The van der Waals surface area contributed by atoms with Gasteiger partial charge in [0, 0.05) is 31.1 Å². The van der Waals surface area contributed by atoms with E-state index in [2.05, 4.69) is 34.4 Å². The fourth-order valence-corrected chi connectivity index (χ4v) is 3.64. The third-order valence-electron chi connectivity index (χ3n) is 5.61. The van der Waals surface area contributed by atoms with E-state index in [-0.39, 0.29) is 18.2 Å². The highest BCUT2D eigenvalue weighted by molar-refractivity contribution is 6.05. The largest absolute Gasteiger partial charge is 0.322 e. The van der Waals surface area contributed by atoms with Gasteiger partial charge in [-0.3, -0.25) is 24.6 Å². The number of fused-ring (bicyclic) bond motifs is 1. The number of hydrogen-bond acceptors (Lipinski definition) is 6. The molecule has 4 rings (SSSR count). The Hall–Kier alpha value is -3.07. The molecular formula is C20H24N6O3. The number of nitrogens with zero attached hydrogens (tertiary/aromatic N) is 5. The molecule has 1 saturated heterocycles. The second kappa shape index (κ2) is 7.40. The van der Waals surface area contributed by atoms with Crippen LogP contribution in [0.1, 0.15) is 48.3 Å². The summed E-state index contributed by atoms with van der Waals surface area (Å²) in [6.45, 7) is 5.28. The highest BCUT2D eigenvalue weighted by atomic mass is 16.2. The lowest BCUT2D eigenvalue weighted by atomic mass is 10.0. The van der Waals surface area contributed by atoms with Crippen molar-refractivity contribution in [3.63, 3.8) is 0 Å². The third kappa shape index (κ3) is 3.65. The van der Waals surface area contributed by atoms with E-state index in [0.717, 1.165) is 16.9 Å². The quantitative estimate of drug-likeness (QED) is 0.753. The predicted octanol–water partition coefficient (Wildman–Crippen LogP) is 0.868. The van der Waals surface area contributed by atoms with Crippen LogP contribution < -0.4 is 5.32 Å². The van der Waals surface area contributed by atoms with Crippen LogP contribution in [0.3, 0.4) is 0 Å². The highest BCUT2D eigenvalue weighted by Crippen LogP contribution is 2.29. The van der Waals surface area contributed by atoms with E-state index in [1.807, 2.05) is 25.4 Å². The van der Waals surface area contributed by atoms with Crippen LogP contribution in [0, 0.1) is 0 Å². The summed E-state index contributed by atoms with van der Waals surface area (Å²) >= 11 is 0. The number of piperidine rings is 1. The van der Waals surface area contributed by atoms with Crippen molar-refractivity contribution in [3.05, 3.63) is 41.2 Å². The van der Waals surface area contributed by atoms with Gasteiger partial charge in [-0.25, -0.2) is 4.68 Å². The first kappa shape index (κ1) is 19.3. The minimum Gasteiger partial charge on any atom is -0.322 e. The molecule has 0 radical (unpaired) electrons. The fourth-order valence-electron chi connectivity index (χ4n) is 3.64. The van der Waals surface area contributed by atoms with Crippen molar-refractivity contribution in [2.75, 3.05) is 7.05 Å². The van der Waals surface area contributed by atoms with E-state index in [0.29, 0.717) is 31.1 Å². The molecule has 2 aliphatic rings. The number of amides is 3. The van der Waals surface area contributed by atoms with Crippen LogP contribution in [-0.2, 0) is 22.7 Å². The van der Waals surface area contributed by atoms with Gasteiger partial charge < -0.3 is 4.90 Å². The van der Waals surface area contributed by atoms with Crippen LogP contribution >= 0.6 is 0 Å². The van der Waals surface area contributed by atoms with E-state index in [9.17, 15) is 14.4 Å². The normalized spacial score (nSPS) is 19.3. The maximum Gasteiger partial charge on any atom is 0.255 e. The molecule has 1 aromatic carbocycles. The summed E-state index contributed by atoms with van der Waals surface area (Å²) in [5.74, 6) is -0.875. The molecule has 3 heterocycles. The van der Waals surface area contributed by atoms with Crippen molar-refractivity contribution in [2.45, 2.75) is 51.9 Å². The maximum absolute atomic E-state index is 12.8. The summed E-state index contributed by atoms with van der Waals surface area (Å²) in [6.07, 6.45) is 2.48. The van der Waals surface area contributed by atoms with Crippen LogP contribution in [0.2, 0.25) is 0 Å². The number of rotatable bonds is 5. The first-order valence-corrected chi connectivity index (χ1v) is 9.73. The first-order chi connectivity index (χ1) is 13.8. The van der Waals surface area contributed by atoms with Gasteiger partial charge in [0.05, 0.1) is 17.6 Å². The summed E-state index contributed by atoms with van der Waals surface area (Å²) in [6, 6.07) is 5.30. The topological polar surface area (TPSA) is 100 Å². The average Bonchev–Trinajstić information content (AvgIpc) is 3.26. The number of carbonyl (C=O) groups is 3. The molecule has 0 aliphatic carbocycles. The number of hydrogen-bond donors (Lipinski definition) is 1. The number of aromatic nitrogens is 3. The van der Waals surface area contributed by atoms with Crippen LogP contribution in [0.5, 0.6) is 0 Å². The lowest BCUT2D eigenvalue weighted by Crippen LogP contribution is -2.52. The van der Waals surface area contributed by atoms with Gasteiger partial charge in [-0.05, 0) is 51.1 Å². The van der Waals surface area contributed by atoms with E-state index in [1.54, 1.807) is 15.6 Å². The zero-order valence-corrected chi connectivity index (χ0v) is 16.8. The molecule has 1 aromatic heterocycles. The van der Waals surface area contributed by atoms with Gasteiger partial charge in [0.15, 0.2) is 0 Å². The lowest BCUT2D eigenvalue weighted by molar-refractivity contribution is -0.136. The zero-order valence-electron chi connectivity index (χ0n) is 16.8. The average molecular weight is 396 g/mol. The van der Waals surface area contributed by atoms with Gasteiger partial charge in [-0.2, -0.15) is 0 Å². The predicted molar refractivity (Wildman–Crippen MR) is 104 cm³/mol. The van der Waals surface area contributed by atoms with Crippen molar-refractivity contribution < 1.29 is 14.4 Å². The minimum atomic E-state index is -0.611. The number of imide groups is 1. The van der Waals surface area contributed by atoms with Gasteiger partial charge in [0.1, 0.15) is 6.04 Å². The zero-order chi connectivity index (χ0) is 20.7. The molecule has 1 fully saturated rings. The molecule has 2 aliphatic heterocycles. The van der Waals surface area contributed by atoms with E-state index in [1.165, 1.54) is 0 Å². The molecule has 1 unspecified atom stereocenters. The summed E-state index contributed by atoms with van der Waals surface area (Å²) in [7, 11) is 2.04. The summed E-state index contributed by atoms with van der Waals surface area (Å²) in [5, 5.41) is 10.8. The second-order valence-corrected chi connectivity index (χ2v) is 7.90. The molecule has 0 spiro atoms. The van der Waals surface area contributed by atoms with Gasteiger partial charge in [0.25, 0.3) is 5.91 Å². The summed E-state index contributed by atoms with van der Waals surface area (Å²) in [5.41, 5.74) is 3.10. The molecule has 3 amide bonds. The highest BCUT2D eigenvalue weighted by Gasteiger charge is 2.39. The third-order valence-corrected chi connectivity index (χ3v) is 5.61. The van der Waals surface area contributed by atoms with Gasteiger partial charge >= 0.3 is 0 Å². The van der Waals surface area contributed by atoms with Crippen LogP contribution in [-0.4, -0.2) is 61.6 Å². The monoisotopic (exact) mass is 396 g/mol. The van der Waals surface area contributed by atoms with E-state index >= 15 is 0 Å². The molecule has 152 valence electrons. The van der Waals surface area contributed by atoms with Crippen molar-refractivity contribution in [2.24, 2.45) is 0 Å². The SMILES string of the molecule is CC(C)N(C)Cc1cn(-c2ccc3c(c2)CN(C2CCC(=O)NC2=O)C3=O)nn1. The van der Waals surface area contributed by atoms with E-state index < -0.39 is 11.9 Å². The van der Waals surface area contributed by atoms with Gasteiger partial charge in [0.2, 0.25) is 11.8 Å². The van der Waals surface area contributed by atoms with E-state index in [4.69, 9.17) is 0 Å². The molecule has 1 N–H and O–H groups in total. The van der Waals surface area contributed by atoms with Crippen LogP contribution in [0.15, 0.2) is 24.4 Å². The molecule has 0 saturated carbocycles. The van der Waals surface area contributed by atoms with Gasteiger partial charge in [-0.1, -0.05) is 5.21 Å². The Morgan fingerprint density at radius 1 is 1.28 bits per heavy atom. The summed E-state index contributed by atoms with van der Waals surface area (Å²) in [4.78, 5) is 40.0. The Kier molecular flexibility index (Phi) is 4.91.